The molecule has 1 atom stereocenters. The summed E-state index contributed by atoms with van der Waals surface area (Å²) < 4.78 is 11.4. The lowest BCUT2D eigenvalue weighted by Crippen LogP contribution is -2.32. The topological polar surface area (TPSA) is 71.4 Å². The molecule has 0 unspecified atom stereocenters. The number of methoxy groups -OCH3 is 2. The van der Waals surface area contributed by atoms with Gasteiger partial charge in [0.25, 0.3) is 5.91 Å². The Labute approximate surface area is 144 Å². The van der Waals surface area contributed by atoms with Crippen LogP contribution in [0.15, 0.2) is 17.7 Å². The fourth-order valence-electron chi connectivity index (χ4n) is 1.74. The maximum atomic E-state index is 12.1. The normalized spacial score (nSPS) is 12.3. The number of hydrogen-bond acceptors (Lipinski definition) is 4. The van der Waals surface area contributed by atoms with Crippen molar-refractivity contribution >= 4 is 34.6 Å². The van der Waals surface area contributed by atoms with Crippen molar-refractivity contribution < 1.29 is 14.3 Å². The van der Waals surface area contributed by atoms with Crippen molar-refractivity contribution in [3.05, 3.63) is 26.8 Å². The molecule has 1 aromatic carbocycles. The van der Waals surface area contributed by atoms with Crippen LogP contribution in [0.2, 0.25) is 0 Å². The minimum Gasteiger partial charge on any atom is -0.493 e. The monoisotopic (exact) mass is 414 g/mol. The first kappa shape index (κ1) is 18.3. The lowest BCUT2D eigenvalue weighted by atomic mass is 10.1. The first-order valence-electron chi connectivity index (χ1n) is 6.80. The average Bonchev–Trinajstić information content (AvgIpc) is 2.51. The molecule has 5 nitrogen and oxygen atoms in total. The summed E-state index contributed by atoms with van der Waals surface area (Å²) in [4.78, 5) is 12.1. The van der Waals surface area contributed by atoms with E-state index < -0.39 is 0 Å². The van der Waals surface area contributed by atoms with Crippen LogP contribution in [0.5, 0.6) is 11.5 Å². The number of halogens is 1. The van der Waals surface area contributed by atoms with Crippen LogP contribution >= 0.6 is 22.6 Å². The van der Waals surface area contributed by atoms with Crippen molar-refractivity contribution in [2.45, 2.75) is 26.3 Å². The number of nitriles is 1. The number of amides is 1. The van der Waals surface area contributed by atoms with Crippen molar-refractivity contribution in [3.8, 4) is 17.6 Å². The molecule has 1 rings (SSSR count). The molecule has 1 aromatic rings. The third-order valence-electron chi connectivity index (χ3n) is 3.12. The number of hydrogen-bond donors (Lipinski definition) is 1. The third-order valence-corrected chi connectivity index (χ3v) is 3.92. The van der Waals surface area contributed by atoms with E-state index in [1.807, 2.05) is 26.0 Å². The molecule has 1 amide bonds. The lowest BCUT2D eigenvalue weighted by Gasteiger charge is -2.12. The van der Waals surface area contributed by atoms with Gasteiger partial charge in [-0.15, -0.1) is 0 Å². The lowest BCUT2D eigenvalue weighted by molar-refractivity contribution is -0.117. The van der Waals surface area contributed by atoms with Crippen LogP contribution in [0, 0.1) is 14.9 Å². The van der Waals surface area contributed by atoms with Gasteiger partial charge in [-0.3, -0.25) is 4.79 Å². The molecule has 6 heteroatoms. The molecule has 1 N–H and O–H groups in total. The third kappa shape index (κ3) is 4.63. The van der Waals surface area contributed by atoms with E-state index in [1.165, 1.54) is 0 Å². The first-order chi connectivity index (χ1) is 10.5. The van der Waals surface area contributed by atoms with E-state index in [0.29, 0.717) is 17.1 Å². The molecule has 118 valence electrons. The maximum Gasteiger partial charge on any atom is 0.262 e. The van der Waals surface area contributed by atoms with Crippen LogP contribution in [0.3, 0.4) is 0 Å². The summed E-state index contributed by atoms with van der Waals surface area (Å²) in [5.74, 6) is 0.810. The summed E-state index contributed by atoms with van der Waals surface area (Å²) in [6.07, 6.45) is 2.35. The summed E-state index contributed by atoms with van der Waals surface area (Å²) >= 11 is 2.12. The summed E-state index contributed by atoms with van der Waals surface area (Å²) in [6.45, 7) is 3.86. The fourth-order valence-corrected chi connectivity index (χ4v) is 2.59. The molecular formula is C16H19IN2O3. The Balaban J connectivity index is 3.16. The van der Waals surface area contributed by atoms with Crippen LogP contribution in [-0.2, 0) is 4.79 Å². The molecule has 0 spiro atoms. The van der Waals surface area contributed by atoms with Gasteiger partial charge in [0.2, 0.25) is 0 Å². The fraction of sp³-hybridized carbons (Fsp3) is 0.375. The van der Waals surface area contributed by atoms with Crippen molar-refractivity contribution in [2.75, 3.05) is 14.2 Å². The van der Waals surface area contributed by atoms with Gasteiger partial charge in [-0.25, -0.2) is 0 Å². The van der Waals surface area contributed by atoms with Crippen LogP contribution < -0.4 is 14.8 Å². The number of benzene rings is 1. The number of carbonyl (C=O) groups is 1. The molecule has 0 aliphatic rings. The van der Waals surface area contributed by atoms with Gasteiger partial charge in [0.15, 0.2) is 11.5 Å². The van der Waals surface area contributed by atoms with E-state index in [1.54, 1.807) is 26.4 Å². The summed E-state index contributed by atoms with van der Waals surface area (Å²) in [6, 6.07) is 5.52. The summed E-state index contributed by atoms with van der Waals surface area (Å²) in [5.41, 5.74) is 0.765. The molecule has 0 saturated carbocycles. The quantitative estimate of drug-likeness (QED) is 0.441. The number of ether oxygens (including phenoxy) is 2. The molecule has 22 heavy (non-hydrogen) atoms. The SMILES string of the molecule is CC[C@@H](C)NC(=O)/C(C#N)=C/c1cc(I)c(OC)c(OC)c1. The second-order valence-electron chi connectivity index (χ2n) is 4.69. The number of nitrogens with zero attached hydrogens (tertiary/aromatic N) is 1. The maximum absolute atomic E-state index is 12.1. The molecule has 0 fully saturated rings. The van der Waals surface area contributed by atoms with E-state index in [2.05, 4.69) is 27.9 Å². The summed E-state index contributed by atoms with van der Waals surface area (Å²) in [7, 11) is 3.11. The minimum atomic E-state index is -0.373. The van der Waals surface area contributed by atoms with Gasteiger partial charge >= 0.3 is 0 Å². The molecule has 0 heterocycles. The van der Waals surface area contributed by atoms with Gasteiger partial charge in [0.05, 0.1) is 17.8 Å². The Morgan fingerprint density at radius 3 is 2.64 bits per heavy atom. The highest BCUT2D eigenvalue weighted by Gasteiger charge is 2.14. The molecule has 0 radical (unpaired) electrons. The Bertz CT molecular complexity index is 621. The second-order valence-corrected chi connectivity index (χ2v) is 5.85. The van der Waals surface area contributed by atoms with Crippen molar-refractivity contribution in [1.29, 1.82) is 5.26 Å². The second kappa shape index (κ2) is 8.63. The highest BCUT2D eigenvalue weighted by Crippen LogP contribution is 2.34. The van der Waals surface area contributed by atoms with Gasteiger partial charge in [-0.05, 0) is 59.7 Å². The van der Waals surface area contributed by atoms with E-state index in [4.69, 9.17) is 9.47 Å². The largest absolute Gasteiger partial charge is 0.493 e. The van der Waals surface area contributed by atoms with Crippen LogP contribution in [-0.4, -0.2) is 26.2 Å². The standard InChI is InChI=1S/C16H19IN2O3/c1-5-10(2)19-16(20)12(9-18)6-11-7-13(17)15(22-4)14(8-11)21-3/h6-8,10H,5H2,1-4H3,(H,19,20)/b12-6+/t10-/m1/s1. The minimum absolute atomic E-state index is 0.0230. The number of rotatable bonds is 6. The zero-order valence-corrected chi connectivity index (χ0v) is 15.2. The Kier molecular flexibility index (Phi) is 7.18. The Morgan fingerprint density at radius 2 is 2.14 bits per heavy atom. The highest BCUT2D eigenvalue weighted by atomic mass is 127. The van der Waals surface area contributed by atoms with Gasteiger partial charge in [-0.1, -0.05) is 6.92 Å². The Hall–Kier alpha value is -1.75. The van der Waals surface area contributed by atoms with Gasteiger partial charge in [0.1, 0.15) is 11.6 Å². The first-order valence-corrected chi connectivity index (χ1v) is 7.88. The average molecular weight is 414 g/mol. The van der Waals surface area contributed by atoms with E-state index >= 15 is 0 Å². The summed E-state index contributed by atoms with van der Waals surface area (Å²) in [5, 5.41) is 12.0. The number of nitrogens with one attached hydrogen (secondary N) is 1. The van der Waals surface area contributed by atoms with Crippen molar-refractivity contribution in [2.24, 2.45) is 0 Å². The number of carbonyl (C=O) groups excluding carboxylic acids is 1. The van der Waals surface area contributed by atoms with E-state index in [-0.39, 0.29) is 17.5 Å². The zero-order chi connectivity index (χ0) is 16.7. The van der Waals surface area contributed by atoms with E-state index in [0.717, 1.165) is 9.99 Å². The van der Waals surface area contributed by atoms with Crippen molar-refractivity contribution in [3.63, 3.8) is 0 Å². The smallest absolute Gasteiger partial charge is 0.262 e. The molecule has 0 aliphatic carbocycles. The van der Waals surface area contributed by atoms with Gasteiger partial charge in [0, 0.05) is 6.04 Å². The molecule has 0 bridgehead atoms. The van der Waals surface area contributed by atoms with Gasteiger partial charge < -0.3 is 14.8 Å². The predicted molar refractivity (Wildman–Crippen MR) is 93.7 cm³/mol. The predicted octanol–water partition coefficient (Wildman–Crippen LogP) is 3.13. The molecular weight excluding hydrogens is 395 g/mol. The van der Waals surface area contributed by atoms with Gasteiger partial charge in [-0.2, -0.15) is 5.26 Å². The highest BCUT2D eigenvalue weighted by molar-refractivity contribution is 14.1. The van der Waals surface area contributed by atoms with Crippen LogP contribution in [0.25, 0.3) is 6.08 Å². The van der Waals surface area contributed by atoms with Crippen LogP contribution in [0.1, 0.15) is 25.8 Å². The van der Waals surface area contributed by atoms with E-state index in [9.17, 15) is 10.1 Å². The van der Waals surface area contributed by atoms with Crippen molar-refractivity contribution in [1.82, 2.24) is 5.32 Å². The molecule has 0 aromatic heterocycles. The Morgan fingerprint density at radius 1 is 1.45 bits per heavy atom. The zero-order valence-electron chi connectivity index (χ0n) is 13.1. The molecule has 0 saturated heterocycles. The van der Waals surface area contributed by atoms with Crippen LogP contribution in [0.4, 0.5) is 0 Å². The molecule has 0 aliphatic heterocycles.